The summed E-state index contributed by atoms with van der Waals surface area (Å²) in [6.45, 7) is 1.80. The first-order chi connectivity index (χ1) is 9.19. The lowest BCUT2D eigenvalue weighted by atomic mass is 10.2. The summed E-state index contributed by atoms with van der Waals surface area (Å²) in [7, 11) is 0. The van der Waals surface area contributed by atoms with Crippen molar-refractivity contribution in [1.82, 2.24) is 10.2 Å². The number of hydrogen-bond donors (Lipinski definition) is 1. The molecule has 0 saturated carbocycles. The fourth-order valence-corrected chi connectivity index (χ4v) is 2.96. The monoisotopic (exact) mass is 290 g/mol. The van der Waals surface area contributed by atoms with Crippen LogP contribution in [-0.2, 0) is 4.79 Å². The van der Waals surface area contributed by atoms with Crippen LogP contribution in [0.4, 0.5) is 5.69 Å². The van der Waals surface area contributed by atoms with Gasteiger partial charge in [-0.05, 0) is 25.1 Å². The predicted molar refractivity (Wildman–Crippen MR) is 75.0 cm³/mol. The second-order valence-corrected chi connectivity index (χ2v) is 6.07. The Morgan fingerprint density at radius 3 is 3.11 bits per heavy atom. The van der Waals surface area contributed by atoms with Crippen LogP contribution >= 0.6 is 23.1 Å². The maximum atomic E-state index is 12.0. The molecule has 0 aliphatic carbocycles. The van der Waals surface area contributed by atoms with Gasteiger partial charge < -0.3 is 5.32 Å². The van der Waals surface area contributed by atoms with Crippen LogP contribution in [0.5, 0.6) is 0 Å². The third kappa shape index (κ3) is 3.77. The molecule has 0 saturated heterocycles. The van der Waals surface area contributed by atoms with Crippen molar-refractivity contribution in [3.8, 4) is 6.07 Å². The van der Waals surface area contributed by atoms with Crippen LogP contribution in [0.3, 0.4) is 0 Å². The van der Waals surface area contributed by atoms with Gasteiger partial charge in [0, 0.05) is 5.69 Å². The first kappa shape index (κ1) is 13.5. The van der Waals surface area contributed by atoms with Crippen LogP contribution in [0.2, 0.25) is 0 Å². The summed E-state index contributed by atoms with van der Waals surface area (Å²) in [6.07, 6.45) is 0. The molecule has 1 amide bonds. The minimum atomic E-state index is -0.279. The number of anilines is 1. The van der Waals surface area contributed by atoms with Gasteiger partial charge in [-0.3, -0.25) is 4.79 Å². The summed E-state index contributed by atoms with van der Waals surface area (Å²) >= 11 is 2.75. The Morgan fingerprint density at radius 1 is 1.58 bits per heavy atom. The maximum Gasteiger partial charge on any atom is 0.237 e. The number of carbonyl (C=O) groups is 1. The highest BCUT2D eigenvalue weighted by Crippen LogP contribution is 2.25. The molecule has 0 fully saturated rings. The highest BCUT2D eigenvalue weighted by molar-refractivity contribution is 8.02. The zero-order valence-electron chi connectivity index (χ0n) is 10.0. The maximum absolute atomic E-state index is 12.0. The topological polar surface area (TPSA) is 78.7 Å². The van der Waals surface area contributed by atoms with E-state index in [1.165, 1.54) is 23.1 Å². The molecule has 0 bridgehead atoms. The first-order valence-corrected chi connectivity index (χ1v) is 7.19. The molecular weight excluding hydrogens is 280 g/mol. The smallest absolute Gasteiger partial charge is 0.237 e. The van der Waals surface area contributed by atoms with E-state index in [-0.39, 0.29) is 11.2 Å². The lowest BCUT2D eigenvalue weighted by Gasteiger charge is -2.10. The van der Waals surface area contributed by atoms with Gasteiger partial charge in [0.2, 0.25) is 5.91 Å². The molecule has 0 aliphatic rings. The molecule has 0 aliphatic heterocycles. The molecule has 1 heterocycles. The molecule has 1 atom stereocenters. The Bertz CT molecular complexity index is 606. The average molecular weight is 290 g/mol. The van der Waals surface area contributed by atoms with E-state index in [0.29, 0.717) is 11.3 Å². The van der Waals surface area contributed by atoms with Crippen LogP contribution in [0.1, 0.15) is 12.5 Å². The van der Waals surface area contributed by atoms with Crippen molar-refractivity contribution < 1.29 is 4.79 Å². The van der Waals surface area contributed by atoms with Gasteiger partial charge in [-0.2, -0.15) is 5.26 Å². The van der Waals surface area contributed by atoms with Gasteiger partial charge in [-0.1, -0.05) is 29.2 Å². The van der Waals surface area contributed by atoms with Gasteiger partial charge in [0.1, 0.15) is 5.51 Å². The van der Waals surface area contributed by atoms with Crippen LogP contribution < -0.4 is 5.32 Å². The number of carbonyl (C=O) groups excluding carboxylic acids is 1. The van der Waals surface area contributed by atoms with Gasteiger partial charge in [0.15, 0.2) is 4.34 Å². The van der Waals surface area contributed by atoms with Crippen LogP contribution in [-0.4, -0.2) is 21.4 Å². The van der Waals surface area contributed by atoms with E-state index < -0.39 is 0 Å². The molecule has 1 N–H and O–H groups in total. The van der Waals surface area contributed by atoms with Gasteiger partial charge in [0.25, 0.3) is 0 Å². The standard InChI is InChI=1S/C12H10N4OS2/c1-8(19-12-16-14-7-18-12)11(17)15-10-4-2-3-9(5-10)6-13/h2-5,7-8H,1H3,(H,15,17)/t8-/m1/s1. The summed E-state index contributed by atoms with van der Waals surface area (Å²) in [5.74, 6) is -0.129. The number of thioether (sulfide) groups is 1. The second kappa shape index (κ2) is 6.31. The zero-order valence-corrected chi connectivity index (χ0v) is 11.7. The second-order valence-electron chi connectivity index (χ2n) is 3.65. The molecule has 19 heavy (non-hydrogen) atoms. The molecule has 2 rings (SSSR count). The number of benzene rings is 1. The largest absolute Gasteiger partial charge is 0.325 e. The quantitative estimate of drug-likeness (QED) is 0.875. The molecule has 7 heteroatoms. The molecular formula is C12H10N4OS2. The summed E-state index contributed by atoms with van der Waals surface area (Å²) in [5.41, 5.74) is 2.76. The van der Waals surface area contributed by atoms with E-state index in [9.17, 15) is 4.79 Å². The minimum Gasteiger partial charge on any atom is -0.325 e. The fraction of sp³-hybridized carbons (Fsp3) is 0.167. The van der Waals surface area contributed by atoms with Crippen LogP contribution in [0, 0.1) is 11.3 Å². The number of nitrogens with one attached hydrogen (secondary N) is 1. The highest BCUT2D eigenvalue weighted by atomic mass is 32.2. The van der Waals surface area contributed by atoms with Gasteiger partial charge in [-0.15, -0.1) is 10.2 Å². The minimum absolute atomic E-state index is 0.129. The van der Waals surface area contributed by atoms with Gasteiger partial charge >= 0.3 is 0 Å². The van der Waals surface area contributed by atoms with Gasteiger partial charge in [0.05, 0.1) is 16.9 Å². The van der Waals surface area contributed by atoms with Gasteiger partial charge in [-0.25, -0.2) is 0 Å². The average Bonchev–Trinajstić information content (AvgIpc) is 2.91. The fourth-order valence-electron chi connectivity index (χ4n) is 1.33. The number of rotatable bonds is 4. The van der Waals surface area contributed by atoms with Crippen molar-refractivity contribution in [2.45, 2.75) is 16.5 Å². The van der Waals surface area contributed by atoms with E-state index in [0.717, 1.165) is 4.34 Å². The van der Waals surface area contributed by atoms with E-state index in [1.54, 1.807) is 36.7 Å². The van der Waals surface area contributed by atoms with Crippen molar-refractivity contribution in [3.05, 3.63) is 35.3 Å². The molecule has 5 nitrogen and oxygen atoms in total. The Hall–Kier alpha value is -1.91. The third-order valence-electron chi connectivity index (χ3n) is 2.25. The van der Waals surface area contributed by atoms with Crippen LogP contribution in [0.15, 0.2) is 34.1 Å². The number of nitrogens with zero attached hydrogens (tertiary/aromatic N) is 3. The van der Waals surface area contributed by atoms with E-state index in [2.05, 4.69) is 15.5 Å². The lowest BCUT2D eigenvalue weighted by Crippen LogP contribution is -2.22. The summed E-state index contributed by atoms with van der Waals surface area (Å²) in [4.78, 5) is 12.0. The van der Waals surface area contributed by atoms with E-state index >= 15 is 0 Å². The predicted octanol–water partition coefficient (Wildman–Crippen LogP) is 2.53. The molecule has 0 spiro atoms. The number of hydrogen-bond acceptors (Lipinski definition) is 6. The van der Waals surface area contributed by atoms with Crippen molar-refractivity contribution in [1.29, 1.82) is 5.26 Å². The van der Waals surface area contributed by atoms with Crippen molar-refractivity contribution in [2.75, 3.05) is 5.32 Å². The van der Waals surface area contributed by atoms with E-state index in [4.69, 9.17) is 5.26 Å². The molecule has 1 aromatic carbocycles. The van der Waals surface area contributed by atoms with Crippen molar-refractivity contribution in [3.63, 3.8) is 0 Å². The highest BCUT2D eigenvalue weighted by Gasteiger charge is 2.16. The Labute approximate surface area is 118 Å². The van der Waals surface area contributed by atoms with Crippen molar-refractivity contribution in [2.24, 2.45) is 0 Å². The Balaban J connectivity index is 1.98. The zero-order chi connectivity index (χ0) is 13.7. The molecule has 96 valence electrons. The SMILES string of the molecule is C[C@@H](Sc1nncs1)C(=O)Nc1cccc(C#N)c1. The number of nitriles is 1. The third-order valence-corrected chi connectivity index (χ3v) is 4.16. The molecule has 0 unspecified atom stereocenters. The lowest BCUT2D eigenvalue weighted by molar-refractivity contribution is -0.115. The summed E-state index contributed by atoms with van der Waals surface area (Å²) < 4.78 is 0.758. The molecule has 0 radical (unpaired) electrons. The normalized spacial score (nSPS) is 11.6. The molecule has 1 aromatic heterocycles. The van der Waals surface area contributed by atoms with E-state index in [1.807, 2.05) is 6.07 Å². The van der Waals surface area contributed by atoms with Crippen LogP contribution in [0.25, 0.3) is 0 Å². The Morgan fingerprint density at radius 2 is 2.42 bits per heavy atom. The summed E-state index contributed by atoms with van der Waals surface area (Å²) in [5, 5.41) is 18.9. The first-order valence-electron chi connectivity index (χ1n) is 5.43. The summed E-state index contributed by atoms with van der Waals surface area (Å²) in [6, 6.07) is 8.85. The molecule has 2 aromatic rings. The Kier molecular flexibility index (Phi) is 4.49. The number of aromatic nitrogens is 2. The number of amides is 1. The van der Waals surface area contributed by atoms with Crippen molar-refractivity contribution >= 4 is 34.7 Å².